The first-order chi connectivity index (χ1) is 15.3. The molecule has 0 aromatic heterocycles. The Bertz CT molecular complexity index is 1120. The van der Waals surface area contributed by atoms with Crippen LogP contribution in [-0.4, -0.2) is 47.1 Å². The molecule has 3 rings (SSSR count). The van der Waals surface area contributed by atoms with E-state index in [2.05, 4.69) is 5.32 Å². The third-order valence-corrected chi connectivity index (χ3v) is 5.77. The molecule has 1 aliphatic heterocycles. The summed E-state index contributed by atoms with van der Waals surface area (Å²) in [6, 6.07) is 11.2. The SMILES string of the molecule is COc1ccccc1CC(=O)NCCN1C(=O)S/C(=C\c2ccc(Cl)c([N+](=O)[O-])c2)C1=O. The molecule has 0 saturated carbocycles. The zero-order valence-corrected chi connectivity index (χ0v) is 18.4. The van der Waals surface area contributed by atoms with Crippen molar-refractivity contribution in [3.05, 3.63) is 73.6 Å². The quantitative estimate of drug-likeness (QED) is 0.351. The molecule has 32 heavy (non-hydrogen) atoms. The summed E-state index contributed by atoms with van der Waals surface area (Å²) in [5.41, 5.74) is 0.799. The Balaban J connectivity index is 1.59. The zero-order valence-electron chi connectivity index (χ0n) is 16.9. The van der Waals surface area contributed by atoms with E-state index in [1.54, 1.807) is 24.3 Å². The molecule has 1 fully saturated rings. The molecular weight excluding hydrogens is 458 g/mol. The van der Waals surface area contributed by atoms with Gasteiger partial charge in [0.2, 0.25) is 5.91 Å². The van der Waals surface area contributed by atoms with E-state index in [0.29, 0.717) is 11.3 Å². The molecule has 9 nitrogen and oxygen atoms in total. The van der Waals surface area contributed by atoms with E-state index in [-0.39, 0.29) is 41.0 Å². The number of nitro benzene ring substituents is 1. The highest BCUT2D eigenvalue weighted by Gasteiger charge is 2.34. The van der Waals surface area contributed by atoms with Crippen molar-refractivity contribution >= 4 is 52.2 Å². The second-order valence-corrected chi connectivity index (χ2v) is 8.04. The first-order valence-corrected chi connectivity index (χ1v) is 10.6. The minimum Gasteiger partial charge on any atom is -0.496 e. The molecule has 0 atom stereocenters. The number of nitrogens with one attached hydrogen (secondary N) is 1. The largest absolute Gasteiger partial charge is 0.496 e. The molecule has 1 saturated heterocycles. The molecule has 0 bridgehead atoms. The van der Waals surface area contributed by atoms with Crippen LogP contribution in [0.25, 0.3) is 6.08 Å². The summed E-state index contributed by atoms with van der Waals surface area (Å²) in [6.07, 6.45) is 1.50. The highest BCUT2D eigenvalue weighted by Crippen LogP contribution is 2.33. The number of carbonyl (C=O) groups is 3. The highest BCUT2D eigenvalue weighted by molar-refractivity contribution is 8.18. The third kappa shape index (κ3) is 5.45. The Morgan fingerprint density at radius 3 is 2.75 bits per heavy atom. The molecule has 2 aromatic rings. The number of nitrogens with zero attached hydrogens (tertiary/aromatic N) is 2. The summed E-state index contributed by atoms with van der Waals surface area (Å²) in [6.45, 7) is 0.0894. The molecule has 0 unspecified atom stereocenters. The van der Waals surface area contributed by atoms with Gasteiger partial charge in [0, 0.05) is 24.7 Å². The van der Waals surface area contributed by atoms with Crippen LogP contribution in [0.1, 0.15) is 11.1 Å². The number of rotatable bonds is 8. The van der Waals surface area contributed by atoms with E-state index in [0.717, 1.165) is 22.2 Å². The number of para-hydroxylation sites is 1. The number of hydrogen-bond donors (Lipinski definition) is 1. The Morgan fingerprint density at radius 2 is 2.03 bits per heavy atom. The minimum absolute atomic E-state index is 0.000433. The van der Waals surface area contributed by atoms with Gasteiger partial charge in [-0.15, -0.1) is 0 Å². The smallest absolute Gasteiger partial charge is 0.293 e. The van der Waals surface area contributed by atoms with Gasteiger partial charge >= 0.3 is 0 Å². The predicted octanol–water partition coefficient (Wildman–Crippen LogP) is 3.65. The molecule has 0 aliphatic carbocycles. The molecular formula is C21H18ClN3O6S. The van der Waals surface area contributed by atoms with Crippen LogP contribution in [0.4, 0.5) is 10.5 Å². The van der Waals surface area contributed by atoms with Gasteiger partial charge in [-0.05, 0) is 35.5 Å². The molecule has 1 heterocycles. The van der Waals surface area contributed by atoms with Gasteiger partial charge < -0.3 is 10.1 Å². The summed E-state index contributed by atoms with van der Waals surface area (Å²) in [4.78, 5) is 48.6. The minimum atomic E-state index is -0.626. The number of imide groups is 1. The number of nitro groups is 1. The lowest BCUT2D eigenvalue weighted by Gasteiger charge is -2.13. The van der Waals surface area contributed by atoms with Gasteiger partial charge in [0.15, 0.2) is 0 Å². The number of halogens is 1. The summed E-state index contributed by atoms with van der Waals surface area (Å²) in [5, 5.41) is 13.2. The first-order valence-electron chi connectivity index (χ1n) is 9.38. The third-order valence-electron chi connectivity index (χ3n) is 4.54. The Morgan fingerprint density at radius 1 is 1.28 bits per heavy atom. The second-order valence-electron chi connectivity index (χ2n) is 6.64. The number of thioether (sulfide) groups is 1. The lowest BCUT2D eigenvalue weighted by Crippen LogP contribution is -2.37. The first kappa shape index (κ1) is 23.3. The highest BCUT2D eigenvalue weighted by atomic mass is 35.5. The van der Waals surface area contributed by atoms with E-state index in [9.17, 15) is 24.5 Å². The van der Waals surface area contributed by atoms with Crippen molar-refractivity contribution in [1.82, 2.24) is 10.2 Å². The molecule has 11 heteroatoms. The maximum atomic E-state index is 12.6. The molecule has 1 aliphatic rings. The van der Waals surface area contributed by atoms with Crippen LogP contribution in [0, 0.1) is 10.1 Å². The lowest BCUT2D eigenvalue weighted by molar-refractivity contribution is -0.384. The van der Waals surface area contributed by atoms with Gasteiger partial charge in [-0.25, -0.2) is 0 Å². The topological polar surface area (TPSA) is 119 Å². The Kier molecular flexibility index (Phi) is 7.49. The van der Waals surface area contributed by atoms with Gasteiger partial charge in [0.05, 0.1) is 23.4 Å². The van der Waals surface area contributed by atoms with Crippen molar-refractivity contribution in [3.63, 3.8) is 0 Å². The number of amides is 3. The normalized spacial score (nSPS) is 14.7. The van der Waals surface area contributed by atoms with Crippen LogP contribution in [0.15, 0.2) is 47.4 Å². The summed E-state index contributed by atoms with van der Waals surface area (Å²) < 4.78 is 5.22. The number of hydrogen-bond acceptors (Lipinski definition) is 7. The zero-order chi connectivity index (χ0) is 23.3. The fourth-order valence-corrected chi connectivity index (χ4v) is 4.05. The fourth-order valence-electron chi connectivity index (χ4n) is 3.00. The van der Waals surface area contributed by atoms with Gasteiger partial charge in [-0.1, -0.05) is 35.9 Å². The summed E-state index contributed by atoms with van der Waals surface area (Å²) in [5.74, 6) is -0.205. The standard InChI is InChI=1S/C21H18ClN3O6S/c1-31-17-5-3-2-4-14(17)12-19(26)23-8-9-24-20(27)18(32-21(24)28)11-13-6-7-15(22)16(10-13)25(29)30/h2-7,10-11H,8-9,12H2,1H3,(H,23,26)/b18-11-. The van der Waals surface area contributed by atoms with E-state index >= 15 is 0 Å². The van der Waals surface area contributed by atoms with Crippen molar-refractivity contribution in [3.8, 4) is 5.75 Å². The lowest BCUT2D eigenvalue weighted by atomic mass is 10.1. The fraction of sp³-hybridized carbons (Fsp3) is 0.190. The van der Waals surface area contributed by atoms with Crippen molar-refractivity contribution in [2.75, 3.05) is 20.2 Å². The van der Waals surface area contributed by atoms with Crippen LogP contribution < -0.4 is 10.1 Å². The van der Waals surface area contributed by atoms with Crippen molar-refractivity contribution in [2.45, 2.75) is 6.42 Å². The van der Waals surface area contributed by atoms with Crippen LogP contribution >= 0.6 is 23.4 Å². The van der Waals surface area contributed by atoms with E-state index in [4.69, 9.17) is 16.3 Å². The Hall–Kier alpha value is -3.37. The van der Waals surface area contributed by atoms with Crippen LogP contribution in [-0.2, 0) is 16.0 Å². The molecule has 2 aromatic carbocycles. The number of benzene rings is 2. The van der Waals surface area contributed by atoms with Crippen molar-refractivity contribution in [2.24, 2.45) is 0 Å². The predicted molar refractivity (Wildman–Crippen MR) is 120 cm³/mol. The summed E-state index contributed by atoms with van der Waals surface area (Å²) >= 11 is 6.52. The average Bonchev–Trinajstić information content (AvgIpc) is 3.02. The Labute approximate surface area is 192 Å². The van der Waals surface area contributed by atoms with Gasteiger partial charge in [0.1, 0.15) is 10.8 Å². The maximum absolute atomic E-state index is 12.6. The molecule has 0 radical (unpaired) electrons. The maximum Gasteiger partial charge on any atom is 0.293 e. The molecule has 3 amide bonds. The number of methoxy groups -OCH3 is 1. The van der Waals surface area contributed by atoms with Gasteiger partial charge in [0.25, 0.3) is 16.8 Å². The van der Waals surface area contributed by atoms with Crippen molar-refractivity contribution < 1.29 is 24.0 Å². The van der Waals surface area contributed by atoms with Crippen LogP contribution in [0.2, 0.25) is 5.02 Å². The van der Waals surface area contributed by atoms with Crippen LogP contribution in [0.3, 0.4) is 0 Å². The molecule has 1 N–H and O–H groups in total. The number of ether oxygens (including phenoxy) is 1. The average molecular weight is 476 g/mol. The van der Waals surface area contributed by atoms with Gasteiger partial charge in [-0.2, -0.15) is 0 Å². The molecule has 0 spiro atoms. The van der Waals surface area contributed by atoms with E-state index in [1.807, 2.05) is 0 Å². The number of carbonyl (C=O) groups excluding carboxylic acids is 3. The summed E-state index contributed by atoms with van der Waals surface area (Å²) in [7, 11) is 1.52. The molecule has 166 valence electrons. The van der Waals surface area contributed by atoms with E-state index < -0.39 is 16.1 Å². The van der Waals surface area contributed by atoms with Crippen molar-refractivity contribution in [1.29, 1.82) is 0 Å². The van der Waals surface area contributed by atoms with Crippen LogP contribution in [0.5, 0.6) is 5.75 Å². The second kappa shape index (κ2) is 10.3. The monoisotopic (exact) mass is 475 g/mol. The van der Waals surface area contributed by atoms with E-state index in [1.165, 1.54) is 31.4 Å². The van der Waals surface area contributed by atoms with Gasteiger partial charge in [-0.3, -0.25) is 29.4 Å².